The summed E-state index contributed by atoms with van der Waals surface area (Å²) in [6.45, 7) is 2.87. The van der Waals surface area contributed by atoms with E-state index >= 15 is 4.39 Å². The monoisotopic (exact) mass is 674 g/mol. The third-order valence-corrected chi connectivity index (χ3v) is 8.74. The van der Waals surface area contributed by atoms with Crippen LogP contribution in [0.5, 0.6) is 0 Å². The van der Waals surface area contributed by atoms with Crippen LogP contribution in [0, 0.1) is 0 Å². The lowest BCUT2D eigenvalue weighted by atomic mass is 9.93. The number of nitrogens with two attached hydrogens (primary N) is 1. The Morgan fingerprint density at radius 1 is 1.17 bits per heavy atom. The van der Waals surface area contributed by atoms with E-state index in [0.717, 1.165) is 0 Å². The Bertz CT molecular complexity index is 1770. The fourth-order valence-electron chi connectivity index (χ4n) is 5.40. The lowest BCUT2D eigenvalue weighted by molar-refractivity contribution is -0.201. The van der Waals surface area contributed by atoms with Crippen LogP contribution in [0.3, 0.4) is 0 Å². The fourth-order valence-corrected chi connectivity index (χ4v) is 6.19. The average Bonchev–Trinajstić information content (AvgIpc) is 3.52. The highest BCUT2D eigenvalue weighted by atomic mass is 35.5. The largest absolute Gasteiger partial charge is 0.463 e. The van der Waals surface area contributed by atoms with Gasteiger partial charge in [0.1, 0.15) is 17.7 Å². The van der Waals surface area contributed by atoms with Crippen LogP contribution in [0.4, 0.5) is 15.9 Å². The molecule has 1 amide bonds. The van der Waals surface area contributed by atoms with Gasteiger partial charge in [-0.1, -0.05) is 18.2 Å². The van der Waals surface area contributed by atoms with E-state index in [2.05, 4.69) is 20.3 Å². The molecule has 4 N–H and O–H groups in total. The number of fused-ring (bicyclic) bond motifs is 2. The van der Waals surface area contributed by atoms with E-state index in [1.165, 1.54) is 22.2 Å². The molecule has 4 aromatic rings. The average molecular weight is 675 g/mol. The number of anilines is 2. The van der Waals surface area contributed by atoms with Crippen LogP contribution in [0.15, 0.2) is 48.1 Å². The number of imidazole rings is 1. The van der Waals surface area contributed by atoms with Gasteiger partial charge in [0.05, 0.1) is 24.4 Å². The van der Waals surface area contributed by atoms with E-state index < -0.39 is 54.2 Å². The van der Waals surface area contributed by atoms with Crippen LogP contribution in [0.2, 0.25) is 5.28 Å². The van der Waals surface area contributed by atoms with Gasteiger partial charge in [-0.3, -0.25) is 9.36 Å². The van der Waals surface area contributed by atoms with Crippen LogP contribution in [0.25, 0.3) is 11.2 Å². The number of rotatable bonds is 11. The first-order valence-corrected chi connectivity index (χ1v) is 15.4. The minimum absolute atomic E-state index is 0.0289. The number of hydrogen-bond donors (Lipinski definition) is 3. The van der Waals surface area contributed by atoms with Crippen molar-refractivity contribution in [1.29, 1.82) is 0 Å². The van der Waals surface area contributed by atoms with Gasteiger partial charge in [0.25, 0.3) is 11.5 Å². The molecular formula is C29H28ClFN6O8S. The number of aromatic nitrogens is 4. The normalized spacial score (nSPS) is 23.6. The molecule has 1 aliphatic carbocycles. The third-order valence-electron chi connectivity index (χ3n) is 7.70. The molecule has 4 heterocycles. The maximum atomic E-state index is 16.0. The summed E-state index contributed by atoms with van der Waals surface area (Å²) in [6, 6.07) is 9.78. The topological polar surface area (TPSA) is 190 Å². The number of carbonyl (C=O) groups is 3. The van der Waals surface area contributed by atoms with Crippen LogP contribution in [-0.4, -0.2) is 85.3 Å². The Labute approximate surface area is 269 Å². The zero-order valence-electron chi connectivity index (χ0n) is 24.4. The molecule has 5 atom stereocenters. The minimum Gasteiger partial charge on any atom is -0.463 e. The number of ether oxygens (including phenoxy) is 4. The zero-order chi connectivity index (χ0) is 32.8. The van der Waals surface area contributed by atoms with Crippen LogP contribution < -0.4 is 11.1 Å². The highest BCUT2D eigenvalue weighted by molar-refractivity contribution is 7.12. The molecule has 2 fully saturated rings. The Morgan fingerprint density at radius 3 is 2.46 bits per heavy atom. The smallest absolute Gasteiger partial charge is 0.350 e. The van der Waals surface area contributed by atoms with Gasteiger partial charge in [0.2, 0.25) is 5.28 Å². The van der Waals surface area contributed by atoms with E-state index in [9.17, 15) is 19.5 Å². The molecular weight excluding hydrogens is 647 g/mol. The molecule has 2 aliphatic rings. The maximum Gasteiger partial charge on any atom is 0.350 e. The summed E-state index contributed by atoms with van der Waals surface area (Å²) in [5.41, 5.74) is 2.27. The maximum absolute atomic E-state index is 16.0. The van der Waals surface area contributed by atoms with Crippen molar-refractivity contribution in [2.24, 2.45) is 0 Å². The van der Waals surface area contributed by atoms with E-state index in [1.54, 1.807) is 55.6 Å². The highest BCUT2D eigenvalue weighted by Crippen LogP contribution is 2.58. The summed E-state index contributed by atoms with van der Waals surface area (Å²) >= 11 is 7.22. The molecule has 6 rings (SSSR count). The van der Waals surface area contributed by atoms with Crippen molar-refractivity contribution in [1.82, 2.24) is 19.5 Å². The number of nitrogens with one attached hydrogen (secondary N) is 1. The Kier molecular flexibility index (Phi) is 8.41. The van der Waals surface area contributed by atoms with Crippen molar-refractivity contribution in [2.75, 3.05) is 24.3 Å². The van der Waals surface area contributed by atoms with Gasteiger partial charge < -0.3 is 35.1 Å². The molecule has 14 nitrogen and oxygen atoms in total. The van der Waals surface area contributed by atoms with Crippen molar-refractivity contribution in [2.45, 2.75) is 56.1 Å². The number of nitrogens with zero attached hydrogens (tertiary/aromatic N) is 4. The molecule has 0 bridgehead atoms. The molecule has 1 aromatic carbocycles. The summed E-state index contributed by atoms with van der Waals surface area (Å²) < 4.78 is 39.6. The second-order valence-corrected chi connectivity index (χ2v) is 11.8. The first kappa shape index (κ1) is 31.7. The number of aliphatic hydroxyl groups is 1. The fraction of sp³-hybridized carbons (Fsp3) is 0.379. The van der Waals surface area contributed by atoms with Crippen molar-refractivity contribution >= 4 is 63.5 Å². The summed E-state index contributed by atoms with van der Waals surface area (Å²) in [7, 11) is 0. The first-order valence-electron chi connectivity index (χ1n) is 14.2. The van der Waals surface area contributed by atoms with E-state index in [0.29, 0.717) is 16.1 Å². The zero-order valence-corrected chi connectivity index (χ0v) is 26.0. The number of nitrogen functional groups attached to an aromatic ring is 1. The summed E-state index contributed by atoms with van der Waals surface area (Å²) in [6.07, 6.45) is -5.47. The van der Waals surface area contributed by atoms with Crippen molar-refractivity contribution in [3.63, 3.8) is 0 Å². The van der Waals surface area contributed by atoms with Crippen molar-refractivity contribution < 1.29 is 42.8 Å². The first-order chi connectivity index (χ1) is 22.0. The molecule has 1 unspecified atom stereocenters. The molecule has 3 aromatic heterocycles. The van der Waals surface area contributed by atoms with Crippen LogP contribution in [-0.2, 0) is 35.0 Å². The molecule has 1 aliphatic heterocycles. The Morgan fingerprint density at radius 2 is 1.87 bits per heavy atom. The lowest BCUT2D eigenvalue weighted by Crippen LogP contribution is -2.55. The number of benzene rings is 1. The molecule has 1 saturated heterocycles. The third kappa shape index (κ3) is 5.35. The summed E-state index contributed by atoms with van der Waals surface area (Å²) in [5, 5.41) is 15.8. The van der Waals surface area contributed by atoms with E-state index in [1.807, 2.05) is 0 Å². The Hall–Kier alpha value is -4.22. The van der Waals surface area contributed by atoms with Crippen molar-refractivity contribution in [3.05, 3.63) is 63.8 Å². The van der Waals surface area contributed by atoms with E-state index in [4.69, 9.17) is 36.3 Å². The van der Waals surface area contributed by atoms with Gasteiger partial charge in [-0.15, -0.1) is 11.3 Å². The number of thiophene rings is 1. The highest BCUT2D eigenvalue weighted by Gasteiger charge is 2.80. The summed E-state index contributed by atoms with van der Waals surface area (Å²) in [4.78, 5) is 51.9. The van der Waals surface area contributed by atoms with Gasteiger partial charge in [0, 0.05) is 12.1 Å². The number of hydrogen-bond acceptors (Lipinski definition) is 13. The second kappa shape index (κ2) is 12.2. The number of halogens is 2. The number of alkyl halides is 1. The number of esters is 2. The number of amides is 1. The molecule has 0 radical (unpaired) electrons. The van der Waals surface area contributed by atoms with Gasteiger partial charge in [0.15, 0.2) is 29.5 Å². The van der Waals surface area contributed by atoms with Crippen LogP contribution in [0.1, 0.15) is 35.3 Å². The van der Waals surface area contributed by atoms with Gasteiger partial charge in [-0.25, -0.2) is 19.0 Å². The van der Waals surface area contributed by atoms with Gasteiger partial charge >= 0.3 is 11.9 Å². The molecule has 242 valence electrons. The standard InChI is InChI=1S/C29H28ClFN6O8S/c1-3-42-25(39)28(26(40)43-4-2,12-14-7-9-15(10-8-14)34-23(38)16-6-5-11-46-16)45-20-19-29(20,41)18(31)24(44-19)37-13-33-17-21(32)35-27(30)36-22(17)37/h5-11,13,18-20,24,41H,3-4,12H2,1-2H3,(H,34,38)(H2,32,35,36)/t18-,19-,20?,24-,29+/m1/s1. The number of carbonyl (C=O) groups excluding carboxylic acids is 3. The second-order valence-electron chi connectivity index (χ2n) is 10.5. The van der Waals surface area contributed by atoms with Crippen LogP contribution >= 0.6 is 22.9 Å². The molecule has 17 heteroatoms. The van der Waals surface area contributed by atoms with Gasteiger partial charge in [-0.05, 0) is 54.6 Å². The van der Waals surface area contributed by atoms with Gasteiger partial charge in [-0.2, -0.15) is 9.97 Å². The lowest BCUT2D eigenvalue weighted by Gasteiger charge is -2.31. The molecule has 46 heavy (non-hydrogen) atoms. The Balaban J connectivity index is 1.26. The summed E-state index contributed by atoms with van der Waals surface area (Å²) in [5.74, 6) is -2.51. The minimum atomic E-state index is -2.44. The molecule has 1 saturated carbocycles. The van der Waals surface area contributed by atoms with E-state index in [-0.39, 0.29) is 41.4 Å². The molecule has 0 spiro atoms. The quantitative estimate of drug-likeness (QED) is 0.120. The predicted molar refractivity (Wildman–Crippen MR) is 162 cm³/mol. The SMILES string of the molecule is CCOC(=O)C(Cc1ccc(NC(=O)c2cccs2)cc1)(OC1[C@H]2O[C@@H](n3cnc4c(N)nc(Cl)nc43)[C@@H](F)[C@@]12O)C(=O)OCC. The predicted octanol–water partition coefficient (Wildman–Crippen LogP) is 2.85. The van der Waals surface area contributed by atoms with Crippen molar-refractivity contribution in [3.8, 4) is 0 Å².